The van der Waals surface area contributed by atoms with E-state index in [1.54, 1.807) is 0 Å². The fraction of sp³-hybridized carbons (Fsp3) is 0.500. The highest BCUT2D eigenvalue weighted by Crippen LogP contribution is 2.33. The maximum atomic E-state index is 6.30. The zero-order chi connectivity index (χ0) is 10.8. The van der Waals surface area contributed by atoms with Crippen molar-refractivity contribution in [3.8, 4) is 0 Å². The standard InChI is InChI=1S/C12H15Cl2N/c1-8-6-9(13)7-10(12(8)14)11-4-2-3-5-15-11/h6-7,11,15H,2-5H2,1H3/t11-/m1/s1. The predicted octanol–water partition coefficient (Wildman–Crippen LogP) is 4.12. The van der Waals surface area contributed by atoms with Gasteiger partial charge in [0.1, 0.15) is 0 Å². The van der Waals surface area contributed by atoms with E-state index in [2.05, 4.69) is 5.32 Å². The first kappa shape index (κ1) is 11.3. The molecule has 15 heavy (non-hydrogen) atoms. The third-order valence-electron chi connectivity index (χ3n) is 2.93. The number of nitrogens with one attached hydrogen (secondary N) is 1. The lowest BCUT2D eigenvalue weighted by Crippen LogP contribution is -2.27. The van der Waals surface area contributed by atoms with E-state index >= 15 is 0 Å². The van der Waals surface area contributed by atoms with Crippen LogP contribution in [0.1, 0.15) is 36.4 Å². The highest BCUT2D eigenvalue weighted by Gasteiger charge is 2.18. The SMILES string of the molecule is Cc1cc(Cl)cc([C@H]2CCCCN2)c1Cl. The molecular formula is C12H15Cl2N. The molecule has 1 heterocycles. The summed E-state index contributed by atoms with van der Waals surface area (Å²) in [6, 6.07) is 4.28. The Kier molecular flexibility index (Phi) is 3.55. The molecule has 0 spiro atoms. The minimum absolute atomic E-state index is 0.378. The van der Waals surface area contributed by atoms with Gasteiger partial charge in [-0.2, -0.15) is 0 Å². The third kappa shape index (κ3) is 2.47. The fourth-order valence-corrected chi connectivity index (χ4v) is 2.64. The number of aryl methyl sites for hydroxylation is 1. The van der Waals surface area contributed by atoms with Crippen molar-refractivity contribution in [1.29, 1.82) is 0 Å². The summed E-state index contributed by atoms with van der Waals surface area (Å²) in [5.74, 6) is 0. The van der Waals surface area contributed by atoms with Crippen molar-refractivity contribution < 1.29 is 0 Å². The van der Waals surface area contributed by atoms with Crippen molar-refractivity contribution in [1.82, 2.24) is 5.32 Å². The Bertz CT molecular complexity index is 357. The maximum Gasteiger partial charge on any atom is 0.0484 e. The molecule has 0 aliphatic carbocycles. The first-order chi connectivity index (χ1) is 7.18. The number of halogens is 2. The average molecular weight is 244 g/mol. The largest absolute Gasteiger partial charge is 0.310 e. The molecule has 0 bridgehead atoms. The molecule has 0 aromatic heterocycles. The topological polar surface area (TPSA) is 12.0 Å². The second-order valence-corrected chi connectivity index (χ2v) is 4.94. The molecule has 82 valence electrons. The van der Waals surface area contributed by atoms with Crippen LogP contribution in [0.2, 0.25) is 10.0 Å². The molecule has 1 atom stereocenters. The van der Waals surface area contributed by atoms with E-state index in [1.807, 2.05) is 19.1 Å². The molecule has 1 nitrogen and oxygen atoms in total. The van der Waals surface area contributed by atoms with Crippen LogP contribution in [-0.2, 0) is 0 Å². The molecule has 0 amide bonds. The summed E-state index contributed by atoms with van der Waals surface area (Å²) in [4.78, 5) is 0. The van der Waals surface area contributed by atoms with Crippen LogP contribution in [0.5, 0.6) is 0 Å². The van der Waals surface area contributed by atoms with Crippen LogP contribution >= 0.6 is 23.2 Å². The van der Waals surface area contributed by atoms with Gasteiger partial charge in [0.25, 0.3) is 0 Å². The van der Waals surface area contributed by atoms with E-state index in [9.17, 15) is 0 Å². The molecule has 1 aliphatic rings. The Hall–Kier alpha value is -0.240. The second kappa shape index (κ2) is 4.73. The van der Waals surface area contributed by atoms with Crippen LogP contribution < -0.4 is 5.32 Å². The minimum atomic E-state index is 0.378. The van der Waals surface area contributed by atoms with Gasteiger partial charge in [-0.3, -0.25) is 0 Å². The second-order valence-electron chi connectivity index (χ2n) is 4.13. The van der Waals surface area contributed by atoms with Gasteiger partial charge in [-0.15, -0.1) is 0 Å². The van der Waals surface area contributed by atoms with Gasteiger partial charge in [0.05, 0.1) is 0 Å². The predicted molar refractivity (Wildman–Crippen MR) is 65.8 cm³/mol. The van der Waals surface area contributed by atoms with Crippen LogP contribution in [0.15, 0.2) is 12.1 Å². The number of hydrogen-bond donors (Lipinski definition) is 1. The molecule has 0 radical (unpaired) electrons. The quantitative estimate of drug-likeness (QED) is 0.783. The molecule has 1 saturated heterocycles. The Morgan fingerprint density at radius 2 is 2.07 bits per heavy atom. The smallest absolute Gasteiger partial charge is 0.0484 e. The Balaban J connectivity index is 2.33. The minimum Gasteiger partial charge on any atom is -0.310 e. The lowest BCUT2D eigenvalue weighted by atomic mass is 9.96. The van der Waals surface area contributed by atoms with Gasteiger partial charge in [-0.1, -0.05) is 29.6 Å². The van der Waals surface area contributed by atoms with Gasteiger partial charge >= 0.3 is 0 Å². The number of hydrogen-bond acceptors (Lipinski definition) is 1. The van der Waals surface area contributed by atoms with E-state index in [4.69, 9.17) is 23.2 Å². The molecule has 0 saturated carbocycles. The molecule has 3 heteroatoms. The summed E-state index contributed by atoms with van der Waals surface area (Å²) in [7, 11) is 0. The van der Waals surface area contributed by atoms with E-state index in [0.29, 0.717) is 6.04 Å². The first-order valence-corrected chi connectivity index (χ1v) is 6.13. The number of rotatable bonds is 1. The lowest BCUT2D eigenvalue weighted by molar-refractivity contribution is 0.412. The molecule has 1 aromatic carbocycles. The van der Waals surface area contributed by atoms with Crippen molar-refractivity contribution in [2.75, 3.05) is 6.54 Å². The van der Waals surface area contributed by atoms with E-state index in [-0.39, 0.29) is 0 Å². The molecule has 1 aromatic rings. The van der Waals surface area contributed by atoms with Crippen LogP contribution in [-0.4, -0.2) is 6.54 Å². The van der Waals surface area contributed by atoms with Crippen molar-refractivity contribution in [3.05, 3.63) is 33.3 Å². The monoisotopic (exact) mass is 243 g/mol. The summed E-state index contributed by atoms with van der Waals surface area (Å²) < 4.78 is 0. The van der Waals surface area contributed by atoms with Crippen molar-refractivity contribution in [3.63, 3.8) is 0 Å². The Labute approximate surface area is 101 Å². The summed E-state index contributed by atoms with van der Waals surface area (Å²) in [5, 5.41) is 5.12. The molecule has 2 rings (SSSR count). The van der Waals surface area contributed by atoms with Crippen molar-refractivity contribution >= 4 is 23.2 Å². The third-order valence-corrected chi connectivity index (χ3v) is 3.67. The zero-order valence-corrected chi connectivity index (χ0v) is 10.3. The summed E-state index contributed by atoms with van der Waals surface area (Å²) in [6.45, 7) is 3.08. The van der Waals surface area contributed by atoms with Gasteiger partial charge in [0.15, 0.2) is 0 Å². The van der Waals surface area contributed by atoms with Gasteiger partial charge in [0.2, 0.25) is 0 Å². The van der Waals surface area contributed by atoms with Gasteiger partial charge < -0.3 is 5.32 Å². The molecular weight excluding hydrogens is 229 g/mol. The molecule has 0 unspecified atom stereocenters. The van der Waals surface area contributed by atoms with E-state index < -0.39 is 0 Å². The van der Waals surface area contributed by atoms with Gasteiger partial charge in [0, 0.05) is 16.1 Å². The van der Waals surface area contributed by atoms with Crippen LogP contribution in [0.3, 0.4) is 0 Å². The van der Waals surface area contributed by atoms with Crippen LogP contribution in [0.25, 0.3) is 0 Å². The average Bonchev–Trinajstić information content (AvgIpc) is 2.24. The van der Waals surface area contributed by atoms with Crippen molar-refractivity contribution in [2.24, 2.45) is 0 Å². The van der Waals surface area contributed by atoms with E-state index in [1.165, 1.54) is 12.8 Å². The maximum absolute atomic E-state index is 6.30. The van der Waals surface area contributed by atoms with Gasteiger partial charge in [-0.05, 0) is 49.6 Å². The van der Waals surface area contributed by atoms with Gasteiger partial charge in [-0.25, -0.2) is 0 Å². The van der Waals surface area contributed by atoms with Crippen molar-refractivity contribution in [2.45, 2.75) is 32.2 Å². The summed E-state index contributed by atoms with van der Waals surface area (Å²) in [6.07, 6.45) is 3.67. The molecule has 1 fully saturated rings. The number of piperidine rings is 1. The van der Waals surface area contributed by atoms with Crippen LogP contribution in [0, 0.1) is 6.92 Å². The lowest BCUT2D eigenvalue weighted by Gasteiger charge is -2.25. The summed E-state index contributed by atoms with van der Waals surface area (Å²) in [5.41, 5.74) is 2.22. The molecule has 1 N–H and O–H groups in total. The Morgan fingerprint density at radius 3 is 2.73 bits per heavy atom. The van der Waals surface area contributed by atoms with Crippen LogP contribution in [0.4, 0.5) is 0 Å². The highest BCUT2D eigenvalue weighted by molar-refractivity contribution is 6.34. The highest BCUT2D eigenvalue weighted by atomic mass is 35.5. The molecule has 1 aliphatic heterocycles. The first-order valence-electron chi connectivity index (χ1n) is 5.37. The fourth-order valence-electron chi connectivity index (χ4n) is 2.12. The normalized spacial score (nSPS) is 21.7. The summed E-state index contributed by atoms with van der Waals surface area (Å²) >= 11 is 12.4. The zero-order valence-electron chi connectivity index (χ0n) is 8.82. The number of benzene rings is 1. The van der Waals surface area contributed by atoms with E-state index in [0.717, 1.165) is 34.1 Å². The Morgan fingerprint density at radius 1 is 1.27 bits per heavy atom.